The van der Waals surface area contributed by atoms with Gasteiger partial charge in [-0.15, -0.1) is 11.3 Å². The number of halogens is 2. The molecule has 9 N–H and O–H groups in total. The molecule has 3 aliphatic rings. The first kappa shape index (κ1) is 66.4. The Balaban J connectivity index is 0.810. The fourth-order valence-corrected chi connectivity index (χ4v) is 12.6. The number of rotatable bonds is 25. The van der Waals surface area contributed by atoms with Crippen molar-refractivity contribution in [2.45, 2.75) is 167 Å². The smallest absolute Gasteiger partial charge is 0.391 e. The summed E-state index contributed by atoms with van der Waals surface area (Å²) < 4.78 is 46.2. The van der Waals surface area contributed by atoms with Gasteiger partial charge in [0.25, 0.3) is 0 Å². The summed E-state index contributed by atoms with van der Waals surface area (Å²) in [5.41, 5.74) is 8.85. The summed E-state index contributed by atoms with van der Waals surface area (Å²) >= 11 is 1.56. The summed E-state index contributed by atoms with van der Waals surface area (Å²) in [5.74, 6) is -3.40. The highest BCUT2D eigenvalue weighted by atomic mass is 32.1. The molecular formula is C64H77F2N8O12PS. The van der Waals surface area contributed by atoms with E-state index < -0.39 is 96.2 Å². The van der Waals surface area contributed by atoms with Crippen LogP contribution in [0.5, 0.6) is 0 Å². The molecule has 8 rings (SSSR count). The van der Waals surface area contributed by atoms with Crippen LogP contribution in [0.1, 0.15) is 124 Å². The van der Waals surface area contributed by atoms with Gasteiger partial charge >= 0.3 is 13.3 Å². The van der Waals surface area contributed by atoms with Crippen molar-refractivity contribution in [3.63, 3.8) is 0 Å². The van der Waals surface area contributed by atoms with E-state index in [1.54, 1.807) is 23.8 Å². The molecular weight excluding hydrogens is 1170 g/mol. The van der Waals surface area contributed by atoms with Crippen molar-refractivity contribution in [1.29, 1.82) is 0 Å². The van der Waals surface area contributed by atoms with Gasteiger partial charge in [-0.3, -0.25) is 43.0 Å². The number of carbonyl (C=O) groups is 7. The predicted molar refractivity (Wildman–Crippen MR) is 328 cm³/mol. The maximum Gasteiger partial charge on any atom is 0.399 e. The van der Waals surface area contributed by atoms with Gasteiger partial charge in [0.05, 0.1) is 46.6 Å². The highest BCUT2D eigenvalue weighted by Gasteiger charge is 2.51. The first-order valence-electron chi connectivity index (χ1n) is 29.4. The van der Waals surface area contributed by atoms with Gasteiger partial charge in [-0.25, -0.2) is 4.98 Å². The number of para-hydroxylation sites is 1. The van der Waals surface area contributed by atoms with Gasteiger partial charge in [0, 0.05) is 50.4 Å². The minimum atomic E-state index is -5.79. The van der Waals surface area contributed by atoms with Crippen LogP contribution in [0.15, 0.2) is 103 Å². The van der Waals surface area contributed by atoms with Gasteiger partial charge in [-0.05, 0) is 109 Å². The molecule has 0 aliphatic carbocycles. The Kier molecular flexibility index (Phi) is 21.4. The number of nitrogens with two attached hydrogens (primary N) is 1. The lowest BCUT2D eigenvalue weighted by Gasteiger charge is -2.35. The minimum absolute atomic E-state index is 0.0335. The highest BCUT2D eigenvalue weighted by Crippen LogP contribution is 2.59. The average molecular weight is 1250 g/mol. The van der Waals surface area contributed by atoms with Crippen LogP contribution in [0.25, 0.3) is 16.0 Å². The molecule has 1 fully saturated rings. The number of thiazole rings is 1. The monoisotopic (exact) mass is 1250 g/mol. The number of carbonyl (C=O) groups excluding carboxylic acids is 7. The van der Waals surface area contributed by atoms with Crippen LogP contribution >= 0.6 is 18.9 Å². The van der Waals surface area contributed by atoms with Crippen molar-refractivity contribution >= 4 is 71.5 Å². The third-order valence-corrected chi connectivity index (χ3v) is 18.4. The summed E-state index contributed by atoms with van der Waals surface area (Å²) in [7, 11) is -5.79. The number of β-amino-alcohol motifs (C(OH)–C–C–N with tert-alkyl or cyclic N) is 1. The summed E-state index contributed by atoms with van der Waals surface area (Å²) in [6.45, 7) is 11.1. The van der Waals surface area contributed by atoms with E-state index in [1.807, 2.05) is 94.4 Å². The molecule has 20 nitrogen and oxygen atoms in total. The van der Waals surface area contributed by atoms with E-state index in [0.717, 1.165) is 56.1 Å². The summed E-state index contributed by atoms with van der Waals surface area (Å²) in [5, 5.41) is 22.3. The molecule has 0 radical (unpaired) electrons. The summed E-state index contributed by atoms with van der Waals surface area (Å²) in [6, 6.07) is 20.6. The van der Waals surface area contributed by atoms with Gasteiger partial charge in [0.2, 0.25) is 41.4 Å². The van der Waals surface area contributed by atoms with Gasteiger partial charge in [0.15, 0.2) is 0 Å². The van der Waals surface area contributed by atoms with Crippen molar-refractivity contribution in [2.75, 3.05) is 11.4 Å². The lowest BCUT2D eigenvalue weighted by molar-refractivity contribution is -0.144. The van der Waals surface area contributed by atoms with Crippen LogP contribution in [-0.2, 0) is 80.9 Å². The zero-order chi connectivity index (χ0) is 63.8. The van der Waals surface area contributed by atoms with E-state index in [2.05, 4.69) is 26.3 Å². The molecule has 4 heterocycles. The number of hydrogen-bond acceptors (Lipinski definition) is 12. The number of amides is 7. The van der Waals surface area contributed by atoms with Crippen molar-refractivity contribution < 1.29 is 66.5 Å². The number of nitrogens with one attached hydrogen (secondary N) is 4. The second-order valence-corrected chi connectivity index (χ2v) is 26.6. The number of likely N-dealkylation sites (tertiary alicyclic amines) is 1. The topological polar surface area (TPSA) is 300 Å². The maximum absolute atomic E-state index is 14.5. The zero-order valence-corrected chi connectivity index (χ0v) is 51.8. The number of alkyl halides is 2. The molecule has 1 aromatic heterocycles. The molecule has 7 atom stereocenters. The number of anilines is 1. The van der Waals surface area contributed by atoms with Crippen LogP contribution in [0.2, 0.25) is 0 Å². The number of aliphatic hydroxyl groups excluding tert-OH is 1. The molecule has 470 valence electrons. The number of primary amides is 1. The Morgan fingerprint density at radius 1 is 0.886 bits per heavy atom. The number of ether oxygens (including phenoxy) is 1. The van der Waals surface area contributed by atoms with Crippen LogP contribution in [0, 0.1) is 12.3 Å². The molecule has 0 unspecified atom stereocenters. The van der Waals surface area contributed by atoms with Gasteiger partial charge in [-0.1, -0.05) is 112 Å². The second kappa shape index (κ2) is 28.3. The largest absolute Gasteiger partial charge is 0.399 e. The number of nitrogens with zero attached hydrogens (tertiary/aromatic N) is 3. The predicted octanol–water partition coefficient (Wildman–Crippen LogP) is 7.02. The van der Waals surface area contributed by atoms with Gasteiger partial charge in [-0.2, -0.15) is 8.78 Å². The SMILES string of the molecule is C/C(=C\C(=O)N[C@H]1CCc2cccc3c2N(C1=O)[C@H](C(=O)N[C@@H](CCC(N)=O)[C@@H](C)OCc1ccc(CCCCC(=O)N[C@H](C(=O)N2C[C@@H](O)C[C@H]2C(=O)NCc2ccc(-c4scnc4C)cc2)C(C)(C)C)cc1)C3)c1ccc(C(F)(F)P(=O)(O)O)cc1. The molecule has 7 amide bonds. The molecule has 24 heteroatoms. The Labute approximate surface area is 514 Å². The summed E-state index contributed by atoms with van der Waals surface area (Å²) in [4.78, 5) is 122. The Hall–Kier alpha value is -7.53. The average Bonchev–Trinajstić information content (AvgIpc) is 2.16. The number of aryl methyl sites for hydroxylation is 3. The van der Waals surface area contributed by atoms with Gasteiger partial charge < -0.3 is 51.5 Å². The molecule has 0 spiro atoms. The van der Waals surface area contributed by atoms with E-state index in [4.69, 9.17) is 20.3 Å². The zero-order valence-electron chi connectivity index (χ0n) is 50.1. The Morgan fingerprint density at radius 2 is 1.56 bits per heavy atom. The van der Waals surface area contributed by atoms with E-state index in [0.29, 0.717) is 42.5 Å². The normalized spacial score (nSPS) is 18.9. The fraction of sp³-hybridized carbons (Fsp3) is 0.438. The molecule has 0 bridgehead atoms. The molecule has 4 aromatic carbocycles. The standard InChI is InChI=1S/C64H77F2N8O12PS/c1-37(43-22-25-47(26-23-43)64(65,66)87(83,84)85)30-55(78)70-50-27-24-44-11-9-12-46-31-52(74(56(44)46)61(50)81)60(80)71-49(28-29-53(67)76)39(3)86-35-42-16-14-40(15-17-42)10-7-8-13-54(77)72-58(63(4,5)6)62(82)73-34-48(75)32-51(73)59(79)68-33-41-18-20-45(21-19-41)57-38(2)69-36-88-57/h9,11-12,14-23,25-26,30,36,39,48-52,58,75H,7-8,10,13,24,27-29,31-35H2,1-6H3,(H2,67,76)(H,68,79)(H,70,78)(H,71,80)(H,72,77)(H2,83,84,85)/b37-30+/t39-,48+,49+,50+,51+,52+,58-/m1/s1. The van der Waals surface area contributed by atoms with Crippen LogP contribution < -0.4 is 31.9 Å². The van der Waals surface area contributed by atoms with Gasteiger partial charge in [0.1, 0.15) is 24.2 Å². The maximum atomic E-state index is 14.5. The van der Waals surface area contributed by atoms with Crippen LogP contribution in [0.4, 0.5) is 14.5 Å². The number of aliphatic hydroxyl groups is 1. The minimum Gasteiger partial charge on any atom is -0.391 e. The number of benzene rings is 4. The first-order valence-corrected chi connectivity index (χ1v) is 31.9. The number of unbranched alkanes of at least 4 members (excludes halogenated alkanes) is 1. The highest BCUT2D eigenvalue weighted by molar-refractivity contribution is 7.52. The number of allylic oxidation sites excluding steroid dienone is 1. The van der Waals surface area contributed by atoms with Crippen LogP contribution in [0.3, 0.4) is 0 Å². The molecule has 88 heavy (non-hydrogen) atoms. The first-order chi connectivity index (χ1) is 41.6. The lowest BCUT2D eigenvalue weighted by Crippen LogP contribution is -2.57. The van der Waals surface area contributed by atoms with Crippen molar-refractivity contribution in [3.8, 4) is 10.4 Å². The summed E-state index contributed by atoms with van der Waals surface area (Å²) in [6.07, 6.45) is 2.60. The quantitative estimate of drug-likeness (QED) is 0.0166. The van der Waals surface area contributed by atoms with E-state index in [9.17, 15) is 52.0 Å². The second-order valence-electron chi connectivity index (χ2n) is 24.0. The van der Waals surface area contributed by atoms with E-state index in [1.165, 1.54) is 34.9 Å². The van der Waals surface area contributed by atoms with Crippen molar-refractivity contribution in [3.05, 3.63) is 147 Å². The third kappa shape index (κ3) is 16.2. The molecule has 5 aromatic rings. The van der Waals surface area contributed by atoms with Crippen LogP contribution in [-0.4, -0.2) is 115 Å². The third-order valence-electron chi connectivity index (χ3n) is 16.4. The molecule has 0 saturated carbocycles. The van der Waals surface area contributed by atoms with E-state index in [-0.39, 0.29) is 70.0 Å². The Bertz CT molecular complexity index is 3460. The van der Waals surface area contributed by atoms with Crippen molar-refractivity contribution in [2.24, 2.45) is 11.1 Å². The molecule has 3 aliphatic heterocycles. The lowest BCUT2D eigenvalue weighted by atomic mass is 9.85. The Morgan fingerprint density at radius 3 is 2.20 bits per heavy atom. The van der Waals surface area contributed by atoms with E-state index >= 15 is 0 Å². The molecule has 1 saturated heterocycles. The number of aromatic nitrogens is 1. The fourth-order valence-electron chi connectivity index (χ4n) is 11.3. The van der Waals surface area contributed by atoms with Crippen molar-refractivity contribution in [1.82, 2.24) is 31.2 Å². The number of hydrogen-bond donors (Lipinski definition) is 8.